The number of carbonyl (C=O) groups excluding carboxylic acids is 2. The Morgan fingerprint density at radius 2 is 1.68 bits per heavy atom. The Kier molecular flexibility index (Phi) is 11.6. The van der Waals surface area contributed by atoms with Crippen LogP contribution in [-0.2, 0) is 26.3 Å². The van der Waals surface area contributed by atoms with Gasteiger partial charge in [-0.2, -0.15) is 12.7 Å². The maximum absolute atomic E-state index is 13.7. The Morgan fingerprint density at radius 1 is 1.03 bits per heavy atom. The number of carbonyl (C=O) groups is 2. The predicted octanol–water partition coefficient (Wildman–Crippen LogP) is 4.47. The highest BCUT2D eigenvalue weighted by Crippen LogP contribution is 2.25. The first kappa shape index (κ1) is 30.8. The summed E-state index contributed by atoms with van der Waals surface area (Å²) in [5.41, 5.74) is 0.727. The minimum atomic E-state index is -4.13. The number of amides is 2. The van der Waals surface area contributed by atoms with Crippen molar-refractivity contribution >= 4 is 50.9 Å². The number of hydrogen-bond donors (Lipinski definition) is 1. The van der Waals surface area contributed by atoms with Gasteiger partial charge in [0, 0.05) is 27.2 Å². The quantitative estimate of drug-likeness (QED) is 0.357. The van der Waals surface area contributed by atoms with Gasteiger partial charge in [-0.05, 0) is 54.8 Å². The van der Waals surface area contributed by atoms with Gasteiger partial charge >= 0.3 is 10.2 Å². The van der Waals surface area contributed by atoms with E-state index in [1.807, 2.05) is 6.92 Å². The normalized spacial score (nSPS) is 12.3. The van der Waals surface area contributed by atoms with E-state index in [4.69, 9.17) is 23.2 Å². The molecule has 37 heavy (non-hydrogen) atoms. The van der Waals surface area contributed by atoms with E-state index in [0.717, 1.165) is 33.6 Å². The molecule has 0 saturated carbocycles. The summed E-state index contributed by atoms with van der Waals surface area (Å²) in [5.74, 6) is -1.50. The molecule has 204 valence electrons. The first-order valence-electron chi connectivity index (χ1n) is 11.9. The lowest BCUT2D eigenvalue weighted by Gasteiger charge is -2.34. The number of anilines is 1. The molecule has 0 aliphatic rings. The number of unbranched alkanes of at least 4 members (excludes halogenated alkanes) is 1. The Hall–Kier alpha value is -2.40. The molecule has 0 heterocycles. The molecule has 0 bridgehead atoms. The number of halogens is 3. The van der Waals surface area contributed by atoms with E-state index >= 15 is 0 Å². The van der Waals surface area contributed by atoms with Crippen LogP contribution in [-0.4, -0.2) is 62.7 Å². The Labute approximate surface area is 228 Å². The molecule has 0 spiro atoms. The number of benzene rings is 2. The van der Waals surface area contributed by atoms with Gasteiger partial charge in [0.1, 0.15) is 18.4 Å². The summed E-state index contributed by atoms with van der Waals surface area (Å²) in [6.45, 7) is 3.62. The van der Waals surface area contributed by atoms with Crippen molar-refractivity contribution in [1.29, 1.82) is 0 Å². The molecule has 12 heteroatoms. The lowest BCUT2D eigenvalue weighted by atomic mass is 10.1. The molecule has 1 unspecified atom stereocenters. The Balaban J connectivity index is 2.48. The summed E-state index contributed by atoms with van der Waals surface area (Å²) >= 11 is 12.2. The standard InChI is InChI=1S/C25H33Cl2FN4O4S/c1-5-7-14-29-25(34)23(6-2)31(16-18-8-13-21(26)22(27)15-18)24(33)17-32(37(35,36)30(3)4)20-11-9-19(28)10-12-20/h8-13,15,23H,5-7,14,16-17H2,1-4H3,(H,29,34). The fourth-order valence-electron chi connectivity index (χ4n) is 3.58. The van der Waals surface area contributed by atoms with E-state index < -0.39 is 34.5 Å². The van der Waals surface area contributed by atoms with Gasteiger partial charge in [0.15, 0.2) is 0 Å². The topological polar surface area (TPSA) is 90.0 Å². The van der Waals surface area contributed by atoms with Crippen molar-refractivity contribution in [3.05, 3.63) is 63.9 Å². The third-order valence-corrected chi connectivity index (χ3v) is 8.24. The summed E-state index contributed by atoms with van der Waals surface area (Å²) in [5, 5.41) is 3.48. The van der Waals surface area contributed by atoms with Crippen molar-refractivity contribution in [2.24, 2.45) is 0 Å². The minimum Gasteiger partial charge on any atom is -0.354 e. The molecular formula is C25H33Cl2FN4O4S. The van der Waals surface area contributed by atoms with Crippen molar-refractivity contribution in [2.45, 2.75) is 45.7 Å². The maximum Gasteiger partial charge on any atom is 0.304 e. The monoisotopic (exact) mass is 574 g/mol. The van der Waals surface area contributed by atoms with Gasteiger partial charge in [-0.1, -0.05) is 49.5 Å². The third-order valence-electron chi connectivity index (χ3n) is 5.69. The zero-order chi connectivity index (χ0) is 27.8. The molecule has 0 aliphatic heterocycles. The Morgan fingerprint density at radius 3 is 2.22 bits per heavy atom. The van der Waals surface area contributed by atoms with Gasteiger partial charge in [-0.15, -0.1) is 0 Å². The number of rotatable bonds is 13. The van der Waals surface area contributed by atoms with E-state index in [1.54, 1.807) is 25.1 Å². The highest BCUT2D eigenvalue weighted by molar-refractivity contribution is 7.90. The highest BCUT2D eigenvalue weighted by atomic mass is 35.5. The predicted molar refractivity (Wildman–Crippen MR) is 145 cm³/mol. The van der Waals surface area contributed by atoms with Gasteiger partial charge < -0.3 is 10.2 Å². The zero-order valence-electron chi connectivity index (χ0n) is 21.4. The second kappa shape index (κ2) is 13.9. The van der Waals surface area contributed by atoms with Crippen LogP contribution >= 0.6 is 23.2 Å². The summed E-state index contributed by atoms with van der Waals surface area (Å²) in [7, 11) is -1.46. The molecule has 2 aromatic carbocycles. The first-order valence-corrected chi connectivity index (χ1v) is 14.0. The molecule has 2 aromatic rings. The first-order chi connectivity index (χ1) is 17.4. The van der Waals surface area contributed by atoms with Gasteiger partial charge in [-0.25, -0.2) is 8.70 Å². The fraction of sp³-hybridized carbons (Fsp3) is 0.440. The average Bonchev–Trinajstić information content (AvgIpc) is 2.85. The van der Waals surface area contributed by atoms with Crippen LogP contribution in [0.25, 0.3) is 0 Å². The SMILES string of the molecule is CCCCNC(=O)C(CC)N(Cc1ccc(Cl)c(Cl)c1)C(=O)CN(c1ccc(F)cc1)S(=O)(=O)N(C)C. The fourth-order valence-corrected chi connectivity index (χ4v) is 4.96. The van der Waals surface area contributed by atoms with Crippen LogP contribution in [0, 0.1) is 5.82 Å². The molecule has 0 fully saturated rings. The van der Waals surface area contributed by atoms with E-state index in [9.17, 15) is 22.4 Å². The molecule has 8 nitrogen and oxygen atoms in total. The maximum atomic E-state index is 13.7. The second-order valence-corrected chi connectivity index (χ2v) is 11.5. The van der Waals surface area contributed by atoms with Crippen molar-refractivity contribution in [2.75, 3.05) is 31.5 Å². The largest absolute Gasteiger partial charge is 0.354 e. The van der Waals surface area contributed by atoms with E-state index in [0.29, 0.717) is 23.6 Å². The van der Waals surface area contributed by atoms with Crippen molar-refractivity contribution in [3.63, 3.8) is 0 Å². The number of nitrogens with one attached hydrogen (secondary N) is 1. The summed E-state index contributed by atoms with van der Waals surface area (Å²) in [6.07, 6.45) is 1.96. The lowest BCUT2D eigenvalue weighted by Crippen LogP contribution is -2.53. The minimum absolute atomic E-state index is 0.00526. The van der Waals surface area contributed by atoms with Crippen LogP contribution in [0.5, 0.6) is 0 Å². The molecule has 0 saturated heterocycles. The van der Waals surface area contributed by atoms with Crippen molar-refractivity contribution < 1.29 is 22.4 Å². The molecule has 2 amide bonds. The van der Waals surface area contributed by atoms with Crippen LogP contribution in [0.2, 0.25) is 10.0 Å². The van der Waals surface area contributed by atoms with Gasteiger partial charge in [0.05, 0.1) is 15.7 Å². The van der Waals surface area contributed by atoms with Gasteiger partial charge in [0.2, 0.25) is 11.8 Å². The van der Waals surface area contributed by atoms with Gasteiger partial charge in [-0.3, -0.25) is 9.59 Å². The van der Waals surface area contributed by atoms with Crippen molar-refractivity contribution in [3.8, 4) is 0 Å². The molecule has 1 atom stereocenters. The molecule has 0 radical (unpaired) electrons. The average molecular weight is 576 g/mol. The number of nitrogens with zero attached hydrogens (tertiary/aromatic N) is 3. The molecule has 1 N–H and O–H groups in total. The van der Waals surface area contributed by atoms with Crippen molar-refractivity contribution in [1.82, 2.24) is 14.5 Å². The number of hydrogen-bond acceptors (Lipinski definition) is 4. The summed E-state index contributed by atoms with van der Waals surface area (Å²) in [4.78, 5) is 28.1. The molecule has 0 aromatic heterocycles. The molecular weight excluding hydrogens is 542 g/mol. The third kappa shape index (κ3) is 8.29. The molecule has 2 rings (SSSR count). The van der Waals surface area contributed by atoms with Crippen LogP contribution in [0.3, 0.4) is 0 Å². The lowest BCUT2D eigenvalue weighted by molar-refractivity contribution is -0.140. The summed E-state index contributed by atoms with van der Waals surface area (Å²) in [6, 6.07) is 8.79. The van der Waals surface area contributed by atoms with E-state index in [1.165, 1.54) is 31.1 Å². The van der Waals surface area contributed by atoms with Crippen LogP contribution in [0.4, 0.5) is 10.1 Å². The van der Waals surface area contributed by atoms with E-state index in [-0.39, 0.29) is 23.2 Å². The van der Waals surface area contributed by atoms with Gasteiger partial charge in [0.25, 0.3) is 0 Å². The highest BCUT2D eigenvalue weighted by Gasteiger charge is 2.33. The summed E-state index contributed by atoms with van der Waals surface area (Å²) < 4.78 is 41.7. The van der Waals surface area contributed by atoms with Crippen LogP contribution in [0.15, 0.2) is 42.5 Å². The zero-order valence-corrected chi connectivity index (χ0v) is 23.7. The smallest absolute Gasteiger partial charge is 0.304 e. The van der Waals surface area contributed by atoms with Crippen LogP contribution in [0.1, 0.15) is 38.7 Å². The Bertz CT molecular complexity index is 1180. The second-order valence-electron chi connectivity index (χ2n) is 8.61. The van der Waals surface area contributed by atoms with Crippen LogP contribution < -0.4 is 9.62 Å². The van der Waals surface area contributed by atoms with E-state index in [2.05, 4.69) is 5.32 Å². The molecule has 0 aliphatic carbocycles.